The second-order valence-corrected chi connectivity index (χ2v) is 6.07. The maximum Gasteiger partial charge on any atom is 0.171 e. The Morgan fingerprint density at radius 3 is 2.64 bits per heavy atom. The number of halogens is 4. The predicted octanol–water partition coefficient (Wildman–Crippen LogP) is 3.80. The van der Waals surface area contributed by atoms with Crippen LogP contribution in [-0.4, -0.2) is 13.0 Å². The Balaban J connectivity index is 3.01. The second kappa shape index (κ2) is 4.17. The van der Waals surface area contributed by atoms with Crippen LogP contribution >= 0.6 is 79.6 Å². The molecule has 2 aromatic heterocycles. The van der Waals surface area contributed by atoms with Crippen LogP contribution in [0.15, 0.2) is 0 Å². The summed E-state index contributed by atoms with van der Waals surface area (Å²) in [4.78, 5) is 4.44. The summed E-state index contributed by atoms with van der Waals surface area (Å²) < 4.78 is 3.63. The molecule has 2 heterocycles. The fraction of sp³-hybridized carbons (Fsp3) is 0.143. The summed E-state index contributed by atoms with van der Waals surface area (Å²) in [5.41, 5.74) is 1.75. The summed E-state index contributed by atoms with van der Waals surface area (Å²) in [5.74, 6) is 0. The highest BCUT2D eigenvalue weighted by molar-refractivity contribution is 14.1. The van der Waals surface area contributed by atoms with Gasteiger partial charge in [-0.3, -0.25) is 0 Å². The van der Waals surface area contributed by atoms with E-state index in [9.17, 15) is 0 Å². The molecule has 3 nitrogen and oxygen atoms in total. The lowest BCUT2D eigenvalue weighted by molar-refractivity contribution is 1.02. The summed E-state index contributed by atoms with van der Waals surface area (Å²) in [6, 6.07) is 0. The van der Waals surface area contributed by atoms with Gasteiger partial charge in [0.25, 0.3) is 0 Å². The van der Waals surface area contributed by atoms with Gasteiger partial charge < -0.3 is 0 Å². The van der Waals surface area contributed by atoms with Gasteiger partial charge in [0.05, 0.1) is 42.5 Å². The van der Waals surface area contributed by atoms with E-state index in [1.54, 1.807) is 2.90 Å². The van der Waals surface area contributed by atoms with E-state index in [0.717, 1.165) is 29.0 Å². The molecule has 0 aliphatic carbocycles. The van der Waals surface area contributed by atoms with Crippen molar-refractivity contribution in [3.8, 4) is 0 Å². The molecule has 0 bridgehead atoms. The highest BCUT2D eigenvalue weighted by Gasteiger charge is 2.16. The molecule has 0 aliphatic heterocycles. The molecule has 2 rings (SSSR count). The van der Waals surface area contributed by atoms with Gasteiger partial charge in [-0.2, -0.15) is 7.99 Å². The Morgan fingerprint density at radius 1 is 1.36 bits per heavy atom. The summed E-state index contributed by atoms with van der Waals surface area (Å²) in [5, 5.41) is 5.98. The molecule has 0 amide bonds. The van der Waals surface area contributed by atoms with Crippen LogP contribution in [0, 0.1) is 14.2 Å². The van der Waals surface area contributed by atoms with Crippen LogP contribution in [0.25, 0.3) is 11.0 Å². The molecule has 74 valence electrons. The molecule has 14 heavy (non-hydrogen) atoms. The van der Waals surface area contributed by atoms with Gasteiger partial charge in [-0.15, -0.1) is 0 Å². The first-order valence-corrected chi connectivity index (χ1v) is 7.08. The number of hydrogen-bond acceptors (Lipinski definition) is 2. The Kier molecular flexibility index (Phi) is 3.45. The SMILES string of the molecule is Cc1nn(I)c2nc(I)c(I)c(Cl)c12. The van der Waals surface area contributed by atoms with Crippen LogP contribution in [0.4, 0.5) is 0 Å². The zero-order valence-electron chi connectivity index (χ0n) is 6.85. The van der Waals surface area contributed by atoms with Crippen LogP contribution in [-0.2, 0) is 0 Å². The largest absolute Gasteiger partial charge is 0.220 e. The fourth-order valence-electron chi connectivity index (χ4n) is 1.18. The lowest BCUT2D eigenvalue weighted by atomic mass is 10.3. The normalized spacial score (nSPS) is 11.2. The molecule has 0 radical (unpaired) electrons. The molecule has 0 aromatic carbocycles. The summed E-state index contributed by atoms with van der Waals surface area (Å²) in [6.07, 6.45) is 0. The molecule has 0 N–H and O–H groups in total. The first kappa shape index (κ1) is 11.6. The fourth-order valence-corrected chi connectivity index (χ4v) is 3.21. The number of aryl methyl sites for hydroxylation is 1. The first-order chi connectivity index (χ1) is 6.52. The van der Waals surface area contributed by atoms with E-state index in [4.69, 9.17) is 11.6 Å². The van der Waals surface area contributed by atoms with Crippen LogP contribution in [0.3, 0.4) is 0 Å². The Morgan fingerprint density at radius 2 is 2.00 bits per heavy atom. The minimum absolute atomic E-state index is 0.750. The van der Waals surface area contributed by atoms with E-state index >= 15 is 0 Å². The smallest absolute Gasteiger partial charge is 0.171 e. The highest BCUT2D eigenvalue weighted by atomic mass is 127. The zero-order chi connectivity index (χ0) is 10.5. The van der Waals surface area contributed by atoms with Crippen LogP contribution < -0.4 is 0 Å². The van der Waals surface area contributed by atoms with Crippen molar-refractivity contribution in [3.05, 3.63) is 18.0 Å². The van der Waals surface area contributed by atoms with Gasteiger partial charge in [0.2, 0.25) is 0 Å². The predicted molar refractivity (Wildman–Crippen MR) is 82.1 cm³/mol. The van der Waals surface area contributed by atoms with E-state index in [1.165, 1.54) is 0 Å². The van der Waals surface area contributed by atoms with E-state index in [2.05, 4.69) is 78.1 Å². The average Bonchev–Trinajstić information content (AvgIpc) is 2.38. The third-order valence-corrected chi connectivity index (χ3v) is 6.03. The summed E-state index contributed by atoms with van der Waals surface area (Å²) in [6.45, 7) is 1.94. The lowest BCUT2D eigenvalue weighted by Gasteiger charge is -2.00. The van der Waals surface area contributed by atoms with Crippen LogP contribution in [0.2, 0.25) is 5.02 Å². The van der Waals surface area contributed by atoms with E-state index < -0.39 is 0 Å². The molecule has 2 aromatic rings. The van der Waals surface area contributed by atoms with Crippen molar-refractivity contribution in [2.75, 3.05) is 0 Å². The lowest BCUT2D eigenvalue weighted by Crippen LogP contribution is -1.91. The van der Waals surface area contributed by atoms with Crippen LogP contribution in [0.5, 0.6) is 0 Å². The van der Waals surface area contributed by atoms with Gasteiger partial charge in [0.15, 0.2) is 5.65 Å². The number of aromatic nitrogens is 3. The number of fused-ring (bicyclic) bond motifs is 1. The minimum atomic E-state index is 0.750. The molecule has 0 spiro atoms. The Bertz CT molecular complexity index is 523. The van der Waals surface area contributed by atoms with Gasteiger partial charge in [-0.05, 0) is 52.1 Å². The maximum absolute atomic E-state index is 6.24. The monoisotopic (exact) mass is 545 g/mol. The van der Waals surface area contributed by atoms with Gasteiger partial charge >= 0.3 is 0 Å². The average molecular weight is 545 g/mol. The standard InChI is InChI=1S/C7H3ClI3N3/c1-2-3-4(8)5(9)6(10)12-7(3)14(11)13-2/h1H3. The van der Waals surface area contributed by atoms with E-state index in [1.807, 2.05) is 6.92 Å². The number of rotatable bonds is 0. The molecule has 0 aliphatic rings. The number of nitrogens with zero attached hydrogens (tertiary/aromatic N) is 3. The third kappa shape index (κ3) is 1.75. The molecule has 0 saturated heterocycles. The van der Waals surface area contributed by atoms with Crippen molar-refractivity contribution in [1.82, 2.24) is 13.0 Å². The van der Waals surface area contributed by atoms with Crippen molar-refractivity contribution in [1.29, 1.82) is 0 Å². The van der Waals surface area contributed by atoms with E-state index in [0.29, 0.717) is 0 Å². The maximum atomic E-state index is 6.24. The number of hydrogen-bond donors (Lipinski definition) is 0. The molecule has 0 unspecified atom stereocenters. The summed E-state index contributed by atoms with van der Waals surface area (Å²) in [7, 11) is 0. The summed E-state index contributed by atoms with van der Waals surface area (Å²) >= 11 is 12.7. The van der Waals surface area contributed by atoms with Crippen molar-refractivity contribution in [2.45, 2.75) is 6.92 Å². The molecular weight excluding hydrogens is 542 g/mol. The quantitative estimate of drug-likeness (QED) is 0.373. The Labute approximate surface area is 127 Å². The molecule has 0 saturated carbocycles. The van der Waals surface area contributed by atoms with E-state index in [-0.39, 0.29) is 0 Å². The molecular formula is C7H3ClI3N3. The van der Waals surface area contributed by atoms with Crippen LogP contribution in [0.1, 0.15) is 5.69 Å². The number of pyridine rings is 1. The van der Waals surface area contributed by atoms with Crippen molar-refractivity contribution < 1.29 is 0 Å². The highest BCUT2D eigenvalue weighted by Crippen LogP contribution is 2.32. The minimum Gasteiger partial charge on any atom is -0.220 e. The zero-order valence-corrected chi connectivity index (χ0v) is 14.1. The van der Waals surface area contributed by atoms with Gasteiger partial charge in [-0.25, -0.2) is 4.98 Å². The molecule has 0 fully saturated rings. The molecule has 0 atom stereocenters. The molecule has 7 heteroatoms. The van der Waals surface area contributed by atoms with Crippen molar-refractivity contribution in [2.24, 2.45) is 0 Å². The van der Waals surface area contributed by atoms with Gasteiger partial charge in [-0.1, -0.05) is 11.6 Å². The van der Waals surface area contributed by atoms with Gasteiger partial charge in [0.1, 0.15) is 3.70 Å². The van der Waals surface area contributed by atoms with Crippen molar-refractivity contribution >= 4 is 90.7 Å². The topological polar surface area (TPSA) is 30.7 Å². The third-order valence-electron chi connectivity index (χ3n) is 1.80. The van der Waals surface area contributed by atoms with Crippen molar-refractivity contribution in [3.63, 3.8) is 0 Å². The Hall–Kier alpha value is 1.10. The first-order valence-electron chi connectivity index (χ1n) is 3.58. The second-order valence-electron chi connectivity index (χ2n) is 2.67. The van der Waals surface area contributed by atoms with Gasteiger partial charge in [0, 0.05) is 0 Å².